The van der Waals surface area contributed by atoms with Crippen molar-refractivity contribution in [2.45, 2.75) is 19.1 Å². The predicted molar refractivity (Wildman–Crippen MR) is 89.9 cm³/mol. The molecular formula is C17H19N5O3. The quantitative estimate of drug-likeness (QED) is 0.631. The van der Waals surface area contributed by atoms with Crippen LogP contribution in [-0.2, 0) is 12.1 Å². The molecule has 0 aliphatic heterocycles. The summed E-state index contributed by atoms with van der Waals surface area (Å²) in [4.78, 5) is 15.9. The minimum atomic E-state index is -1.27. The molecule has 8 nitrogen and oxygen atoms in total. The van der Waals surface area contributed by atoms with Crippen molar-refractivity contribution in [2.24, 2.45) is 0 Å². The number of aromatic nitrogens is 3. The Morgan fingerprint density at radius 2 is 2.20 bits per heavy atom. The fourth-order valence-electron chi connectivity index (χ4n) is 2.32. The lowest BCUT2D eigenvalue weighted by Gasteiger charge is -2.21. The molecule has 8 heteroatoms. The van der Waals surface area contributed by atoms with Gasteiger partial charge in [0, 0.05) is 6.54 Å². The van der Waals surface area contributed by atoms with E-state index in [0.29, 0.717) is 12.3 Å². The summed E-state index contributed by atoms with van der Waals surface area (Å²) in [6.07, 6.45) is 4.55. The summed E-state index contributed by atoms with van der Waals surface area (Å²) in [6, 6.07) is 10.6. The molecule has 3 N–H and O–H groups in total. The van der Waals surface area contributed by atoms with E-state index in [1.807, 2.05) is 24.3 Å². The molecule has 0 aliphatic carbocycles. The zero-order chi connectivity index (χ0) is 17.7. The summed E-state index contributed by atoms with van der Waals surface area (Å²) in [5.41, 5.74) is 0.507. The van der Waals surface area contributed by atoms with Crippen LogP contribution in [0.25, 0.3) is 5.69 Å². The van der Waals surface area contributed by atoms with E-state index in [1.54, 1.807) is 30.1 Å². The summed E-state index contributed by atoms with van der Waals surface area (Å²) >= 11 is 0. The molecule has 1 unspecified atom stereocenters. The topological polar surface area (TPSA) is 105 Å². The van der Waals surface area contributed by atoms with Gasteiger partial charge in [0.15, 0.2) is 0 Å². The highest BCUT2D eigenvalue weighted by molar-refractivity contribution is 5.73. The number of rotatable bonds is 6. The highest BCUT2D eigenvalue weighted by Gasteiger charge is 2.26. The van der Waals surface area contributed by atoms with E-state index < -0.39 is 5.60 Å². The van der Waals surface area contributed by atoms with Crippen molar-refractivity contribution in [3.8, 4) is 5.69 Å². The minimum absolute atomic E-state index is 0.0331. The lowest BCUT2D eigenvalue weighted by molar-refractivity contribution is 0.0367. The standard InChI is InChI=1S/C17H19N5O3/c1-17(24,15-6-3-7-25-15)10-20-16(23)19-9-13-4-2-5-14(8-13)22-12-18-11-21-22/h2-8,11-12,24H,9-10H2,1H3,(H2,19,20,23). The molecule has 130 valence electrons. The number of carbonyl (C=O) groups excluding carboxylic acids is 1. The number of hydrogen-bond acceptors (Lipinski definition) is 5. The van der Waals surface area contributed by atoms with E-state index in [0.717, 1.165) is 11.3 Å². The summed E-state index contributed by atoms with van der Waals surface area (Å²) in [5.74, 6) is 0.397. The summed E-state index contributed by atoms with van der Waals surface area (Å²) in [5, 5.41) is 19.8. The molecule has 0 radical (unpaired) electrons. The van der Waals surface area contributed by atoms with Crippen molar-refractivity contribution in [1.29, 1.82) is 0 Å². The molecule has 3 rings (SSSR count). The first-order valence-electron chi connectivity index (χ1n) is 7.76. The van der Waals surface area contributed by atoms with Crippen LogP contribution in [-0.4, -0.2) is 32.4 Å². The number of nitrogens with zero attached hydrogens (tertiary/aromatic N) is 3. The Morgan fingerprint density at radius 3 is 2.92 bits per heavy atom. The second-order valence-corrected chi connectivity index (χ2v) is 5.80. The number of hydrogen-bond donors (Lipinski definition) is 3. The van der Waals surface area contributed by atoms with Gasteiger partial charge in [-0.05, 0) is 36.8 Å². The first-order chi connectivity index (χ1) is 12.0. The maximum absolute atomic E-state index is 12.0. The van der Waals surface area contributed by atoms with Crippen molar-refractivity contribution in [2.75, 3.05) is 6.54 Å². The van der Waals surface area contributed by atoms with Crippen LogP contribution in [0.4, 0.5) is 4.79 Å². The molecule has 2 aromatic heterocycles. The summed E-state index contributed by atoms with van der Waals surface area (Å²) in [6.45, 7) is 1.95. The molecule has 1 atom stereocenters. The van der Waals surface area contributed by atoms with Gasteiger partial charge in [0.05, 0.1) is 18.5 Å². The monoisotopic (exact) mass is 341 g/mol. The van der Waals surface area contributed by atoms with Gasteiger partial charge in [0.1, 0.15) is 24.0 Å². The molecule has 2 heterocycles. The zero-order valence-corrected chi connectivity index (χ0v) is 13.7. The average molecular weight is 341 g/mol. The van der Waals surface area contributed by atoms with Crippen molar-refractivity contribution in [1.82, 2.24) is 25.4 Å². The Morgan fingerprint density at radius 1 is 1.32 bits per heavy atom. The maximum atomic E-state index is 12.0. The second-order valence-electron chi connectivity index (χ2n) is 5.80. The van der Waals surface area contributed by atoms with Crippen molar-refractivity contribution in [3.63, 3.8) is 0 Å². The molecule has 0 fully saturated rings. The van der Waals surface area contributed by atoms with Crippen molar-refractivity contribution >= 4 is 6.03 Å². The molecule has 0 bridgehead atoms. The van der Waals surface area contributed by atoms with Gasteiger partial charge in [-0.2, -0.15) is 5.10 Å². The fourth-order valence-corrected chi connectivity index (χ4v) is 2.32. The van der Waals surface area contributed by atoms with E-state index in [1.165, 1.54) is 12.6 Å². The third kappa shape index (κ3) is 4.24. The number of furan rings is 1. The predicted octanol–water partition coefficient (Wildman–Crippen LogP) is 1.57. The van der Waals surface area contributed by atoms with Gasteiger partial charge in [-0.3, -0.25) is 0 Å². The molecule has 3 aromatic rings. The van der Waals surface area contributed by atoms with E-state index in [-0.39, 0.29) is 12.6 Å². The summed E-state index contributed by atoms with van der Waals surface area (Å²) in [7, 11) is 0. The van der Waals surface area contributed by atoms with Crippen LogP contribution in [0, 0.1) is 0 Å². The second kappa shape index (κ2) is 7.18. The van der Waals surface area contributed by atoms with Crippen molar-refractivity contribution in [3.05, 3.63) is 66.6 Å². The zero-order valence-electron chi connectivity index (χ0n) is 13.7. The molecule has 0 spiro atoms. The van der Waals surface area contributed by atoms with E-state index in [2.05, 4.69) is 20.7 Å². The summed E-state index contributed by atoms with van der Waals surface area (Å²) < 4.78 is 6.82. The van der Waals surface area contributed by atoms with Gasteiger partial charge in [-0.25, -0.2) is 14.5 Å². The number of amides is 2. The Balaban J connectivity index is 1.52. The molecule has 0 saturated heterocycles. The van der Waals surface area contributed by atoms with Gasteiger partial charge in [-0.15, -0.1) is 0 Å². The highest BCUT2D eigenvalue weighted by atomic mass is 16.4. The number of aliphatic hydroxyl groups is 1. The maximum Gasteiger partial charge on any atom is 0.315 e. The van der Waals surface area contributed by atoms with Gasteiger partial charge in [0.25, 0.3) is 0 Å². The highest BCUT2D eigenvalue weighted by Crippen LogP contribution is 2.19. The van der Waals surface area contributed by atoms with Gasteiger partial charge >= 0.3 is 6.03 Å². The molecule has 1 aromatic carbocycles. The smallest absolute Gasteiger partial charge is 0.315 e. The molecule has 0 aliphatic rings. The lowest BCUT2D eigenvalue weighted by Crippen LogP contribution is -2.43. The molecular weight excluding hydrogens is 322 g/mol. The van der Waals surface area contributed by atoms with Crippen LogP contribution in [0.15, 0.2) is 59.7 Å². The first kappa shape index (κ1) is 16.7. The molecule has 0 saturated carbocycles. The van der Waals surface area contributed by atoms with Crippen LogP contribution in [0.1, 0.15) is 18.2 Å². The van der Waals surface area contributed by atoms with Gasteiger partial charge in [-0.1, -0.05) is 12.1 Å². The number of nitrogens with one attached hydrogen (secondary N) is 2. The lowest BCUT2D eigenvalue weighted by atomic mass is 10.0. The normalized spacial score (nSPS) is 13.2. The third-order valence-corrected chi connectivity index (χ3v) is 3.69. The fraction of sp³-hybridized carbons (Fsp3) is 0.235. The Bertz CT molecular complexity index is 813. The van der Waals surface area contributed by atoms with Crippen LogP contribution in [0.2, 0.25) is 0 Å². The largest absolute Gasteiger partial charge is 0.466 e. The van der Waals surface area contributed by atoms with E-state index in [9.17, 15) is 9.90 Å². The number of urea groups is 1. The van der Waals surface area contributed by atoms with Crippen LogP contribution in [0.5, 0.6) is 0 Å². The Hall–Kier alpha value is -3.13. The van der Waals surface area contributed by atoms with Gasteiger partial charge < -0.3 is 20.2 Å². The van der Waals surface area contributed by atoms with Crippen LogP contribution in [0.3, 0.4) is 0 Å². The minimum Gasteiger partial charge on any atom is -0.466 e. The van der Waals surface area contributed by atoms with Crippen molar-refractivity contribution < 1.29 is 14.3 Å². The van der Waals surface area contributed by atoms with Crippen LogP contribution >= 0.6 is 0 Å². The molecule has 2 amide bonds. The van der Waals surface area contributed by atoms with Crippen LogP contribution < -0.4 is 10.6 Å². The Kier molecular flexibility index (Phi) is 4.80. The third-order valence-electron chi connectivity index (χ3n) is 3.69. The van der Waals surface area contributed by atoms with E-state index >= 15 is 0 Å². The first-order valence-corrected chi connectivity index (χ1v) is 7.76. The SMILES string of the molecule is CC(O)(CNC(=O)NCc1cccc(-n2cncn2)c1)c1ccco1. The number of benzene rings is 1. The number of carbonyl (C=O) groups is 1. The average Bonchev–Trinajstić information content (AvgIpc) is 3.32. The van der Waals surface area contributed by atoms with Gasteiger partial charge in [0.2, 0.25) is 0 Å². The van der Waals surface area contributed by atoms with E-state index in [4.69, 9.17) is 4.42 Å². The molecule has 25 heavy (non-hydrogen) atoms. The Labute approximate surface area is 144 Å².